The molecule has 1 N–H and O–H groups in total. The molecule has 1 aliphatic rings. The summed E-state index contributed by atoms with van der Waals surface area (Å²) in [5, 5.41) is 2.96. The minimum atomic E-state index is -0.395. The van der Waals surface area contributed by atoms with Crippen LogP contribution in [0.2, 0.25) is 0 Å². The highest BCUT2D eigenvalue weighted by atomic mass is 32.2. The number of aryl methyl sites for hydroxylation is 2. The van der Waals surface area contributed by atoms with E-state index in [2.05, 4.69) is 12.2 Å². The first-order chi connectivity index (χ1) is 12.1. The van der Waals surface area contributed by atoms with Crippen LogP contribution in [-0.4, -0.2) is 34.4 Å². The molecule has 1 fully saturated rings. The molecule has 0 saturated carbocycles. The van der Waals surface area contributed by atoms with E-state index in [0.29, 0.717) is 18.2 Å². The van der Waals surface area contributed by atoms with Gasteiger partial charge in [-0.15, -0.1) is 23.1 Å². The van der Waals surface area contributed by atoms with Gasteiger partial charge in [-0.2, -0.15) is 0 Å². The maximum Gasteiger partial charge on any atom is 0.265 e. The molecule has 25 heavy (non-hydrogen) atoms. The molecule has 1 atom stereocenters. The number of hydrogen-bond donors (Lipinski definition) is 1. The summed E-state index contributed by atoms with van der Waals surface area (Å²) < 4.78 is 0. The molecule has 2 aromatic rings. The van der Waals surface area contributed by atoms with Crippen LogP contribution in [0.4, 0.5) is 0 Å². The predicted octanol–water partition coefficient (Wildman–Crippen LogP) is 3.45. The largest absolute Gasteiger partial charge is 0.350 e. The van der Waals surface area contributed by atoms with Crippen LogP contribution in [0.5, 0.6) is 0 Å². The van der Waals surface area contributed by atoms with Crippen molar-refractivity contribution in [3.63, 3.8) is 0 Å². The average molecular weight is 375 g/mol. The fraction of sp³-hybridized carbons (Fsp3) is 0.368. The smallest absolute Gasteiger partial charge is 0.265 e. The third-order valence-electron chi connectivity index (χ3n) is 4.37. The van der Waals surface area contributed by atoms with Crippen LogP contribution in [0, 0.1) is 6.92 Å². The Balaban J connectivity index is 1.66. The Bertz CT molecular complexity index is 758. The van der Waals surface area contributed by atoms with Crippen LogP contribution in [-0.2, 0) is 17.8 Å². The van der Waals surface area contributed by atoms with E-state index in [-0.39, 0.29) is 11.8 Å². The summed E-state index contributed by atoms with van der Waals surface area (Å²) in [7, 11) is 0. The summed E-state index contributed by atoms with van der Waals surface area (Å²) in [4.78, 5) is 29.1. The van der Waals surface area contributed by atoms with Crippen molar-refractivity contribution in [3.8, 4) is 0 Å². The Hall–Kier alpha value is -1.79. The Morgan fingerprint density at radius 1 is 1.28 bits per heavy atom. The molecule has 0 unspecified atom stereocenters. The van der Waals surface area contributed by atoms with Crippen molar-refractivity contribution in [2.24, 2.45) is 0 Å². The molecule has 6 heteroatoms. The van der Waals surface area contributed by atoms with Gasteiger partial charge < -0.3 is 10.2 Å². The molecular weight excluding hydrogens is 352 g/mol. The van der Waals surface area contributed by atoms with Gasteiger partial charge in [-0.1, -0.05) is 37.3 Å². The van der Waals surface area contributed by atoms with Crippen LogP contribution in [0.25, 0.3) is 0 Å². The molecular formula is C19H22N2O2S2. The monoisotopic (exact) mass is 374 g/mol. The average Bonchev–Trinajstić information content (AvgIpc) is 3.26. The summed E-state index contributed by atoms with van der Waals surface area (Å²) in [5.41, 5.74) is 2.27. The molecule has 1 aromatic heterocycles. The quantitative estimate of drug-likeness (QED) is 0.872. The third kappa shape index (κ3) is 4.07. The van der Waals surface area contributed by atoms with E-state index in [1.54, 1.807) is 16.7 Å². The lowest BCUT2D eigenvalue weighted by Crippen LogP contribution is -2.46. The van der Waals surface area contributed by atoms with Gasteiger partial charge in [-0.05, 0) is 30.5 Å². The number of nitrogens with one attached hydrogen (secondary N) is 1. The molecule has 1 aliphatic heterocycles. The Kier molecular flexibility index (Phi) is 5.81. The van der Waals surface area contributed by atoms with E-state index in [9.17, 15) is 9.59 Å². The Labute approximate surface area is 156 Å². The van der Waals surface area contributed by atoms with Crippen LogP contribution < -0.4 is 5.32 Å². The van der Waals surface area contributed by atoms with Gasteiger partial charge >= 0.3 is 0 Å². The molecule has 3 rings (SSSR count). The van der Waals surface area contributed by atoms with Crippen molar-refractivity contribution in [1.29, 1.82) is 0 Å². The summed E-state index contributed by atoms with van der Waals surface area (Å²) in [6.07, 6.45) is 0.922. The highest BCUT2D eigenvalue weighted by Gasteiger charge is 2.35. The molecule has 1 saturated heterocycles. The summed E-state index contributed by atoms with van der Waals surface area (Å²) in [6.45, 7) is 4.62. The zero-order valence-electron chi connectivity index (χ0n) is 14.5. The maximum atomic E-state index is 12.9. The van der Waals surface area contributed by atoms with Crippen molar-refractivity contribution in [2.75, 3.05) is 11.6 Å². The number of nitrogens with zero attached hydrogens (tertiary/aromatic N) is 1. The number of amides is 2. The van der Waals surface area contributed by atoms with E-state index in [1.165, 1.54) is 21.8 Å². The number of benzene rings is 1. The summed E-state index contributed by atoms with van der Waals surface area (Å²) in [6, 6.07) is 11.4. The normalized spacial score (nSPS) is 16.9. The zero-order valence-corrected chi connectivity index (χ0v) is 16.1. The molecule has 0 radical (unpaired) electrons. The maximum absolute atomic E-state index is 12.9. The van der Waals surface area contributed by atoms with E-state index in [4.69, 9.17) is 0 Å². The summed E-state index contributed by atoms with van der Waals surface area (Å²) in [5.74, 6) is 1.11. The fourth-order valence-corrected chi connectivity index (χ4v) is 5.10. The lowest BCUT2D eigenvalue weighted by molar-refractivity contribution is -0.124. The van der Waals surface area contributed by atoms with E-state index >= 15 is 0 Å². The van der Waals surface area contributed by atoms with E-state index < -0.39 is 6.04 Å². The lowest BCUT2D eigenvalue weighted by Gasteiger charge is -2.22. The highest BCUT2D eigenvalue weighted by molar-refractivity contribution is 7.99. The first-order valence-electron chi connectivity index (χ1n) is 8.39. The van der Waals surface area contributed by atoms with Crippen LogP contribution in [0.1, 0.15) is 32.6 Å². The van der Waals surface area contributed by atoms with Gasteiger partial charge in [0.25, 0.3) is 5.91 Å². The van der Waals surface area contributed by atoms with E-state index in [1.807, 2.05) is 43.3 Å². The molecule has 2 heterocycles. The van der Waals surface area contributed by atoms with Gasteiger partial charge in [0.15, 0.2) is 0 Å². The number of hydrogen-bond acceptors (Lipinski definition) is 4. The molecule has 132 valence electrons. The number of carbonyl (C=O) groups is 2. The van der Waals surface area contributed by atoms with Gasteiger partial charge in [0.05, 0.1) is 10.8 Å². The number of thioether (sulfide) groups is 1. The minimum absolute atomic E-state index is 0.0299. The Morgan fingerprint density at radius 2 is 2.04 bits per heavy atom. The molecule has 4 nitrogen and oxygen atoms in total. The fourth-order valence-electron chi connectivity index (χ4n) is 2.88. The van der Waals surface area contributed by atoms with Gasteiger partial charge in [0.2, 0.25) is 5.91 Å². The summed E-state index contributed by atoms with van der Waals surface area (Å²) >= 11 is 3.15. The zero-order chi connectivity index (χ0) is 17.8. The first-order valence-corrected chi connectivity index (χ1v) is 10.4. The van der Waals surface area contributed by atoms with Gasteiger partial charge in [-0.25, -0.2) is 0 Å². The predicted molar refractivity (Wildman–Crippen MR) is 104 cm³/mol. The van der Waals surface area contributed by atoms with E-state index in [0.717, 1.165) is 16.9 Å². The van der Waals surface area contributed by atoms with Crippen molar-refractivity contribution in [3.05, 3.63) is 57.3 Å². The van der Waals surface area contributed by atoms with Crippen molar-refractivity contribution in [1.82, 2.24) is 10.2 Å². The molecule has 0 bridgehead atoms. The second-order valence-corrected chi connectivity index (χ2v) is 8.30. The third-order valence-corrected chi connectivity index (χ3v) is 6.46. The number of thiophene rings is 1. The van der Waals surface area contributed by atoms with Crippen LogP contribution in [0.15, 0.2) is 36.4 Å². The number of carbonyl (C=O) groups excluding carboxylic acids is 2. The van der Waals surface area contributed by atoms with Gasteiger partial charge in [-0.3, -0.25) is 9.59 Å². The minimum Gasteiger partial charge on any atom is -0.350 e. The Morgan fingerprint density at radius 3 is 2.72 bits per heavy atom. The number of rotatable bonds is 5. The second-order valence-electron chi connectivity index (χ2n) is 6.04. The highest BCUT2D eigenvalue weighted by Crippen LogP contribution is 2.28. The first kappa shape index (κ1) is 18.0. The van der Waals surface area contributed by atoms with Gasteiger partial charge in [0.1, 0.15) is 6.04 Å². The molecule has 2 amide bonds. The SMILES string of the molecule is CCc1cc(C(=O)N2CSC[C@@H]2C(=O)NCc2ccccc2)sc1C. The van der Waals surface area contributed by atoms with Crippen LogP contribution in [0.3, 0.4) is 0 Å². The molecule has 0 aliphatic carbocycles. The molecule has 1 aromatic carbocycles. The standard InChI is InChI=1S/C19H22N2O2S2/c1-3-15-9-17(25-13(15)2)19(23)21-12-24-11-16(21)18(22)20-10-14-7-5-4-6-8-14/h4-9,16H,3,10-12H2,1-2H3,(H,20,22)/t16-/m1/s1. The second kappa shape index (κ2) is 8.06. The van der Waals surface area contributed by atoms with Gasteiger partial charge in [0, 0.05) is 17.2 Å². The van der Waals surface area contributed by atoms with Crippen molar-refractivity contribution >= 4 is 34.9 Å². The lowest BCUT2D eigenvalue weighted by atomic mass is 10.2. The van der Waals surface area contributed by atoms with Crippen molar-refractivity contribution in [2.45, 2.75) is 32.9 Å². The molecule has 0 spiro atoms. The van der Waals surface area contributed by atoms with Crippen molar-refractivity contribution < 1.29 is 9.59 Å². The van der Waals surface area contributed by atoms with Crippen LogP contribution >= 0.6 is 23.1 Å². The topological polar surface area (TPSA) is 49.4 Å².